The summed E-state index contributed by atoms with van der Waals surface area (Å²) in [5.41, 5.74) is 0. The van der Waals surface area contributed by atoms with E-state index < -0.39 is 0 Å². The SMILES string of the molecule is C=CC(=O)N1CCC2CN(C)CC21. The van der Waals surface area contributed by atoms with E-state index in [1.807, 2.05) is 4.90 Å². The molecular weight excluding hydrogens is 164 g/mol. The van der Waals surface area contributed by atoms with Gasteiger partial charge in [-0.3, -0.25) is 4.79 Å². The third-order valence-corrected chi connectivity index (χ3v) is 3.19. The van der Waals surface area contributed by atoms with E-state index in [-0.39, 0.29) is 5.91 Å². The van der Waals surface area contributed by atoms with Gasteiger partial charge in [0.1, 0.15) is 0 Å². The smallest absolute Gasteiger partial charge is 0.246 e. The van der Waals surface area contributed by atoms with Crippen LogP contribution < -0.4 is 0 Å². The predicted molar refractivity (Wildman–Crippen MR) is 51.3 cm³/mol. The molecule has 2 saturated heterocycles. The minimum atomic E-state index is 0.0998. The number of likely N-dealkylation sites (N-methyl/N-ethyl adjacent to an activating group) is 1. The van der Waals surface area contributed by atoms with Crippen molar-refractivity contribution in [1.82, 2.24) is 9.80 Å². The van der Waals surface area contributed by atoms with E-state index in [1.165, 1.54) is 6.08 Å². The van der Waals surface area contributed by atoms with Crippen LogP contribution in [0, 0.1) is 5.92 Å². The van der Waals surface area contributed by atoms with Crippen LogP contribution in [-0.2, 0) is 4.79 Å². The molecule has 2 rings (SSSR count). The van der Waals surface area contributed by atoms with E-state index in [1.54, 1.807) is 0 Å². The lowest BCUT2D eigenvalue weighted by Crippen LogP contribution is -2.38. The number of likely N-dealkylation sites (tertiary alicyclic amines) is 2. The molecule has 0 spiro atoms. The van der Waals surface area contributed by atoms with E-state index >= 15 is 0 Å². The molecule has 2 unspecified atom stereocenters. The molecule has 0 aromatic heterocycles. The number of carbonyl (C=O) groups excluding carboxylic acids is 1. The van der Waals surface area contributed by atoms with Crippen molar-refractivity contribution in [3.8, 4) is 0 Å². The summed E-state index contributed by atoms with van der Waals surface area (Å²) >= 11 is 0. The number of carbonyl (C=O) groups is 1. The standard InChI is InChI=1S/C10H16N2O/c1-3-10(13)12-5-4-8-6-11(2)7-9(8)12/h3,8-9H,1,4-7H2,2H3. The van der Waals surface area contributed by atoms with Gasteiger partial charge in [-0.2, -0.15) is 0 Å². The number of rotatable bonds is 1. The van der Waals surface area contributed by atoms with Crippen LogP contribution in [0.25, 0.3) is 0 Å². The molecule has 0 aromatic rings. The topological polar surface area (TPSA) is 23.6 Å². The second-order valence-corrected chi connectivity index (χ2v) is 4.07. The maximum atomic E-state index is 11.5. The monoisotopic (exact) mass is 180 g/mol. The third-order valence-electron chi connectivity index (χ3n) is 3.19. The second-order valence-electron chi connectivity index (χ2n) is 4.07. The molecule has 0 N–H and O–H groups in total. The number of amides is 1. The van der Waals surface area contributed by atoms with Crippen molar-refractivity contribution in [2.75, 3.05) is 26.7 Å². The van der Waals surface area contributed by atoms with Crippen LogP contribution in [0.4, 0.5) is 0 Å². The zero-order valence-corrected chi connectivity index (χ0v) is 8.07. The Morgan fingerprint density at radius 2 is 2.31 bits per heavy atom. The molecule has 2 fully saturated rings. The van der Waals surface area contributed by atoms with Gasteiger partial charge in [-0.05, 0) is 25.5 Å². The first-order valence-electron chi connectivity index (χ1n) is 4.84. The Bertz CT molecular complexity index is 239. The van der Waals surface area contributed by atoms with Gasteiger partial charge in [-0.25, -0.2) is 0 Å². The average molecular weight is 180 g/mol. The van der Waals surface area contributed by atoms with E-state index in [9.17, 15) is 4.79 Å². The van der Waals surface area contributed by atoms with Gasteiger partial charge in [-0.15, -0.1) is 0 Å². The summed E-state index contributed by atoms with van der Waals surface area (Å²) in [5.74, 6) is 0.803. The molecule has 0 bridgehead atoms. The van der Waals surface area contributed by atoms with Gasteiger partial charge in [-0.1, -0.05) is 6.58 Å². The van der Waals surface area contributed by atoms with Crippen LogP contribution in [0.5, 0.6) is 0 Å². The molecule has 0 aliphatic carbocycles. The normalized spacial score (nSPS) is 33.5. The van der Waals surface area contributed by atoms with Gasteiger partial charge < -0.3 is 9.80 Å². The van der Waals surface area contributed by atoms with Crippen LogP contribution in [0.2, 0.25) is 0 Å². The van der Waals surface area contributed by atoms with Crippen molar-refractivity contribution in [2.45, 2.75) is 12.5 Å². The highest BCUT2D eigenvalue weighted by Gasteiger charge is 2.41. The summed E-state index contributed by atoms with van der Waals surface area (Å²) in [5, 5.41) is 0. The first-order chi connectivity index (χ1) is 6.22. The van der Waals surface area contributed by atoms with Crippen molar-refractivity contribution >= 4 is 5.91 Å². The van der Waals surface area contributed by atoms with Gasteiger partial charge in [0.25, 0.3) is 0 Å². The van der Waals surface area contributed by atoms with Gasteiger partial charge in [0.05, 0.1) is 0 Å². The molecule has 2 heterocycles. The summed E-state index contributed by atoms with van der Waals surface area (Å²) in [6, 6.07) is 0.454. The van der Waals surface area contributed by atoms with Crippen LogP contribution in [-0.4, -0.2) is 48.4 Å². The largest absolute Gasteiger partial charge is 0.335 e. The number of nitrogens with zero attached hydrogens (tertiary/aromatic N) is 2. The van der Waals surface area contributed by atoms with Crippen LogP contribution in [0.15, 0.2) is 12.7 Å². The summed E-state index contributed by atoms with van der Waals surface area (Å²) in [6.07, 6.45) is 2.59. The van der Waals surface area contributed by atoms with Crippen molar-refractivity contribution < 1.29 is 4.79 Å². The fourth-order valence-corrected chi connectivity index (χ4v) is 2.56. The molecule has 3 nitrogen and oxygen atoms in total. The Morgan fingerprint density at radius 3 is 3.00 bits per heavy atom. The maximum Gasteiger partial charge on any atom is 0.246 e. The zero-order valence-electron chi connectivity index (χ0n) is 8.07. The molecular formula is C10H16N2O. The molecule has 2 aliphatic heterocycles. The molecule has 13 heavy (non-hydrogen) atoms. The Morgan fingerprint density at radius 1 is 1.54 bits per heavy atom. The Balaban J connectivity index is 2.08. The van der Waals surface area contributed by atoms with Crippen molar-refractivity contribution in [3.63, 3.8) is 0 Å². The Labute approximate surface area is 79.0 Å². The van der Waals surface area contributed by atoms with Crippen LogP contribution in [0.3, 0.4) is 0 Å². The highest BCUT2D eigenvalue weighted by molar-refractivity contribution is 5.87. The summed E-state index contributed by atoms with van der Waals surface area (Å²) in [4.78, 5) is 15.7. The molecule has 2 aliphatic rings. The number of hydrogen-bond acceptors (Lipinski definition) is 2. The van der Waals surface area contributed by atoms with Crippen molar-refractivity contribution in [3.05, 3.63) is 12.7 Å². The molecule has 72 valence electrons. The summed E-state index contributed by atoms with van der Waals surface area (Å²) in [7, 11) is 2.12. The fourth-order valence-electron chi connectivity index (χ4n) is 2.56. The van der Waals surface area contributed by atoms with E-state index in [4.69, 9.17) is 0 Å². The summed E-state index contributed by atoms with van der Waals surface area (Å²) in [6.45, 7) is 6.63. The highest BCUT2D eigenvalue weighted by Crippen LogP contribution is 2.30. The Hall–Kier alpha value is -0.830. The fraction of sp³-hybridized carbons (Fsp3) is 0.700. The lowest BCUT2D eigenvalue weighted by Gasteiger charge is -2.22. The van der Waals surface area contributed by atoms with Gasteiger partial charge in [0.2, 0.25) is 5.91 Å². The first kappa shape index (κ1) is 8.75. The first-order valence-corrected chi connectivity index (χ1v) is 4.84. The Kier molecular flexibility index (Phi) is 2.12. The van der Waals surface area contributed by atoms with Crippen LogP contribution in [0.1, 0.15) is 6.42 Å². The molecule has 2 atom stereocenters. The number of fused-ring (bicyclic) bond motifs is 1. The van der Waals surface area contributed by atoms with Crippen molar-refractivity contribution in [1.29, 1.82) is 0 Å². The van der Waals surface area contributed by atoms with Crippen LogP contribution >= 0.6 is 0 Å². The molecule has 3 heteroatoms. The van der Waals surface area contributed by atoms with E-state index in [0.29, 0.717) is 12.0 Å². The van der Waals surface area contributed by atoms with Gasteiger partial charge in [0.15, 0.2) is 0 Å². The maximum absolute atomic E-state index is 11.5. The lowest BCUT2D eigenvalue weighted by atomic mass is 10.1. The number of hydrogen-bond donors (Lipinski definition) is 0. The average Bonchev–Trinajstić information content (AvgIpc) is 2.61. The zero-order chi connectivity index (χ0) is 9.42. The third kappa shape index (κ3) is 1.37. The molecule has 0 aromatic carbocycles. The molecule has 0 saturated carbocycles. The van der Waals surface area contributed by atoms with Gasteiger partial charge >= 0.3 is 0 Å². The van der Waals surface area contributed by atoms with Crippen molar-refractivity contribution in [2.24, 2.45) is 5.92 Å². The highest BCUT2D eigenvalue weighted by atomic mass is 16.2. The van der Waals surface area contributed by atoms with E-state index in [0.717, 1.165) is 26.1 Å². The molecule has 1 amide bonds. The van der Waals surface area contributed by atoms with E-state index in [2.05, 4.69) is 18.5 Å². The van der Waals surface area contributed by atoms with Gasteiger partial charge in [0, 0.05) is 25.7 Å². The lowest BCUT2D eigenvalue weighted by molar-refractivity contribution is -0.126. The minimum absolute atomic E-state index is 0.0998. The predicted octanol–water partition coefficient (Wildman–Crippen LogP) is 0.335. The molecule has 0 radical (unpaired) electrons. The second kappa shape index (κ2) is 3.14. The quantitative estimate of drug-likeness (QED) is 0.543. The summed E-state index contributed by atoms with van der Waals surface area (Å²) < 4.78 is 0. The minimum Gasteiger partial charge on any atom is -0.335 e.